The predicted octanol–water partition coefficient (Wildman–Crippen LogP) is 3.69. The Labute approximate surface area is 177 Å². The van der Waals surface area contributed by atoms with Crippen LogP contribution in [-0.2, 0) is 9.53 Å². The molecule has 0 spiro atoms. The van der Waals surface area contributed by atoms with Crippen molar-refractivity contribution in [3.8, 4) is 5.75 Å². The third-order valence-electron chi connectivity index (χ3n) is 5.61. The van der Waals surface area contributed by atoms with Gasteiger partial charge in [-0.25, -0.2) is 4.79 Å². The fourth-order valence-electron chi connectivity index (χ4n) is 3.94. The zero-order valence-electron chi connectivity index (χ0n) is 17.5. The summed E-state index contributed by atoms with van der Waals surface area (Å²) in [6.07, 6.45) is 9.29. The van der Waals surface area contributed by atoms with Crippen molar-refractivity contribution in [2.24, 2.45) is 5.92 Å². The Hall–Kier alpha value is -2.83. The third kappa shape index (κ3) is 6.34. The van der Waals surface area contributed by atoms with Crippen LogP contribution in [0.3, 0.4) is 0 Å². The lowest BCUT2D eigenvalue weighted by Crippen LogP contribution is -2.46. The first-order valence-electron chi connectivity index (χ1n) is 10.8. The van der Waals surface area contributed by atoms with Crippen molar-refractivity contribution in [2.45, 2.75) is 51.5 Å². The van der Waals surface area contributed by atoms with E-state index in [9.17, 15) is 14.4 Å². The molecule has 0 aromatic heterocycles. The first-order valence-corrected chi connectivity index (χ1v) is 10.8. The lowest BCUT2D eigenvalue weighted by Gasteiger charge is -2.32. The molecule has 7 heteroatoms. The van der Waals surface area contributed by atoms with Crippen molar-refractivity contribution in [3.05, 3.63) is 42.0 Å². The van der Waals surface area contributed by atoms with E-state index in [1.165, 1.54) is 25.7 Å². The van der Waals surface area contributed by atoms with Gasteiger partial charge in [0, 0.05) is 24.7 Å². The maximum atomic E-state index is 12.7. The molecule has 0 radical (unpaired) electrons. The van der Waals surface area contributed by atoms with Crippen LogP contribution in [-0.4, -0.2) is 48.6 Å². The van der Waals surface area contributed by atoms with Gasteiger partial charge < -0.3 is 19.7 Å². The standard InChI is InChI=1S/C23H30N2O5/c1-2-29-23(28)30-20-10-8-18(9-11-20)22(27)25-15-13-19(14-16-25)24-21(26)12-7-17-5-3-4-6-17/h7-12,17,19H,2-6,13-16H2,1H3,(H,24,26)/b12-7+. The number of hydrogen-bond donors (Lipinski definition) is 1. The van der Waals surface area contributed by atoms with Gasteiger partial charge in [0.2, 0.25) is 5.91 Å². The van der Waals surface area contributed by atoms with E-state index in [-0.39, 0.29) is 24.5 Å². The summed E-state index contributed by atoms with van der Waals surface area (Å²) in [4.78, 5) is 38.0. The highest BCUT2D eigenvalue weighted by Gasteiger charge is 2.24. The minimum absolute atomic E-state index is 0.0381. The summed E-state index contributed by atoms with van der Waals surface area (Å²) in [5, 5.41) is 3.05. The second-order valence-corrected chi connectivity index (χ2v) is 7.79. The van der Waals surface area contributed by atoms with Crippen LogP contribution in [0.15, 0.2) is 36.4 Å². The molecule has 0 atom stereocenters. The number of amides is 2. The van der Waals surface area contributed by atoms with Crippen molar-refractivity contribution < 1.29 is 23.9 Å². The molecule has 1 heterocycles. The van der Waals surface area contributed by atoms with Crippen LogP contribution in [0.2, 0.25) is 0 Å². The summed E-state index contributed by atoms with van der Waals surface area (Å²) in [5.41, 5.74) is 0.535. The van der Waals surface area contributed by atoms with Crippen molar-refractivity contribution in [3.63, 3.8) is 0 Å². The minimum Gasteiger partial charge on any atom is -0.434 e. The fourth-order valence-corrected chi connectivity index (χ4v) is 3.94. The number of benzene rings is 1. The van der Waals surface area contributed by atoms with Gasteiger partial charge >= 0.3 is 6.16 Å². The molecule has 3 rings (SSSR count). The number of rotatable bonds is 6. The Morgan fingerprint density at radius 2 is 1.73 bits per heavy atom. The van der Waals surface area contributed by atoms with Crippen molar-refractivity contribution in [2.75, 3.05) is 19.7 Å². The molecule has 1 saturated carbocycles. The highest BCUT2D eigenvalue weighted by Crippen LogP contribution is 2.25. The molecular formula is C23H30N2O5. The average molecular weight is 415 g/mol. The van der Waals surface area contributed by atoms with Gasteiger partial charge in [-0.15, -0.1) is 0 Å². The maximum absolute atomic E-state index is 12.7. The molecule has 0 unspecified atom stereocenters. The summed E-state index contributed by atoms with van der Waals surface area (Å²) in [5.74, 6) is 0.772. The van der Waals surface area contributed by atoms with E-state index in [0.29, 0.717) is 30.3 Å². The van der Waals surface area contributed by atoms with Crippen molar-refractivity contribution in [1.82, 2.24) is 10.2 Å². The number of hydrogen-bond acceptors (Lipinski definition) is 5. The second kappa shape index (κ2) is 10.8. The van der Waals surface area contributed by atoms with Gasteiger partial charge in [-0.2, -0.15) is 0 Å². The Morgan fingerprint density at radius 3 is 2.37 bits per heavy atom. The van der Waals surface area contributed by atoms with E-state index < -0.39 is 6.16 Å². The molecule has 1 N–H and O–H groups in total. The average Bonchev–Trinajstić information content (AvgIpc) is 3.27. The van der Waals surface area contributed by atoms with Gasteiger partial charge in [-0.1, -0.05) is 18.9 Å². The van der Waals surface area contributed by atoms with E-state index >= 15 is 0 Å². The number of nitrogens with zero attached hydrogens (tertiary/aromatic N) is 1. The number of ether oxygens (including phenoxy) is 2. The number of piperidine rings is 1. The number of likely N-dealkylation sites (tertiary alicyclic amines) is 1. The van der Waals surface area contributed by atoms with Crippen LogP contribution in [0.1, 0.15) is 55.8 Å². The van der Waals surface area contributed by atoms with Crippen molar-refractivity contribution in [1.29, 1.82) is 0 Å². The summed E-state index contributed by atoms with van der Waals surface area (Å²) in [6, 6.07) is 6.52. The molecular weight excluding hydrogens is 384 g/mol. The Morgan fingerprint density at radius 1 is 1.07 bits per heavy atom. The molecule has 2 aliphatic rings. The quantitative estimate of drug-likeness (QED) is 0.436. The van der Waals surface area contributed by atoms with Gasteiger partial charge in [-0.05, 0) is 68.9 Å². The Bertz CT molecular complexity index is 760. The zero-order valence-corrected chi connectivity index (χ0v) is 17.5. The van der Waals surface area contributed by atoms with Crippen LogP contribution in [0.4, 0.5) is 4.79 Å². The van der Waals surface area contributed by atoms with Gasteiger partial charge in [0.05, 0.1) is 6.61 Å². The van der Waals surface area contributed by atoms with Gasteiger partial charge in [0.25, 0.3) is 5.91 Å². The molecule has 162 valence electrons. The lowest BCUT2D eigenvalue weighted by atomic mass is 10.0. The van der Waals surface area contributed by atoms with Gasteiger partial charge in [0.15, 0.2) is 0 Å². The number of allylic oxidation sites excluding steroid dienone is 1. The molecule has 0 bridgehead atoms. The highest BCUT2D eigenvalue weighted by molar-refractivity contribution is 5.94. The minimum atomic E-state index is -0.765. The largest absolute Gasteiger partial charge is 0.513 e. The summed E-state index contributed by atoms with van der Waals surface area (Å²) in [7, 11) is 0. The number of nitrogens with one attached hydrogen (secondary N) is 1. The molecule has 1 aliphatic carbocycles. The van der Waals surface area contributed by atoms with Gasteiger partial charge in [-0.3, -0.25) is 9.59 Å². The molecule has 1 aliphatic heterocycles. The molecule has 2 amide bonds. The highest BCUT2D eigenvalue weighted by atomic mass is 16.7. The topological polar surface area (TPSA) is 84.9 Å². The second-order valence-electron chi connectivity index (χ2n) is 7.79. The van der Waals surface area contributed by atoms with E-state index in [1.807, 2.05) is 6.08 Å². The lowest BCUT2D eigenvalue weighted by molar-refractivity contribution is -0.117. The predicted molar refractivity (Wildman–Crippen MR) is 112 cm³/mol. The van der Waals surface area contributed by atoms with E-state index in [0.717, 1.165) is 12.8 Å². The number of carbonyl (C=O) groups is 3. The summed E-state index contributed by atoms with van der Waals surface area (Å²) < 4.78 is 9.73. The zero-order chi connectivity index (χ0) is 21.3. The van der Waals surface area contributed by atoms with Crippen LogP contribution < -0.4 is 10.1 Å². The van der Waals surface area contributed by atoms with E-state index in [1.54, 1.807) is 42.2 Å². The smallest absolute Gasteiger partial charge is 0.434 e. The Balaban J connectivity index is 1.43. The van der Waals surface area contributed by atoms with Crippen LogP contribution in [0, 0.1) is 5.92 Å². The number of carbonyl (C=O) groups excluding carboxylic acids is 3. The molecule has 2 fully saturated rings. The molecule has 7 nitrogen and oxygen atoms in total. The fraction of sp³-hybridized carbons (Fsp3) is 0.522. The van der Waals surface area contributed by atoms with E-state index in [2.05, 4.69) is 5.32 Å². The first-order chi connectivity index (χ1) is 14.5. The summed E-state index contributed by atoms with van der Waals surface area (Å²) in [6.45, 7) is 3.13. The first kappa shape index (κ1) is 21.9. The summed E-state index contributed by atoms with van der Waals surface area (Å²) >= 11 is 0. The molecule has 1 aromatic carbocycles. The van der Waals surface area contributed by atoms with Crippen LogP contribution >= 0.6 is 0 Å². The third-order valence-corrected chi connectivity index (χ3v) is 5.61. The monoisotopic (exact) mass is 414 g/mol. The molecule has 1 aromatic rings. The van der Waals surface area contributed by atoms with Crippen LogP contribution in [0.5, 0.6) is 5.75 Å². The van der Waals surface area contributed by atoms with Crippen LogP contribution in [0.25, 0.3) is 0 Å². The maximum Gasteiger partial charge on any atom is 0.513 e. The molecule has 1 saturated heterocycles. The molecule has 30 heavy (non-hydrogen) atoms. The van der Waals surface area contributed by atoms with Gasteiger partial charge in [0.1, 0.15) is 5.75 Å². The van der Waals surface area contributed by atoms with Crippen molar-refractivity contribution >= 4 is 18.0 Å². The Kier molecular flexibility index (Phi) is 7.88. The SMILES string of the molecule is CCOC(=O)Oc1ccc(C(=O)N2CCC(NC(=O)/C=C/C3CCCC3)CC2)cc1. The van der Waals surface area contributed by atoms with E-state index in [4.69, 9.17) is 9.47 Å². The normalized spacial score (nSPS) is 17.8.